The topological polar surface area (TPSA) is 43.6 Å². The molecule has 0 unspecified atom stereocenters. The van der Waals surface area contributed by atoms with Crippen LogP contribution in [0.25, 0.3) is 0 Å². The molecule has 2 aromatic heterocycles. The van der Waals surface area contributed by atoms with E-state index >= 15 is 0 Å². The van der Waals surface area contributed by atoms with Crippen LogP contribution in [0.4, 0.5) is 0 Å². The van der Waals surface area contributed by atoms with Gasteiger partial charge in [-0.25, -0.2) is 4.98 Å². The summed E-state index contributed by atoms with van der Waals surface area (Å²) in [5.41, 5.74) is 1.12. The van der Waals surface area contributed by atoms with Gasteiger partial charge in [-0.3, -0.25) is 0 Å². The summed E-state index contributed by atoms with van der Waals surface area (Å²) in [5, 5.41) is 9.50. The van der Waals surface area contributed by atoms with Crippen LogP contribution in [-0.4, -0.2) is 19.7 Å². The molecular weight excluding hydrogens is 244 g/mol. The maximum Gasteiger partial charge on any atom is 0.191 e. The molecule has 0 radical (unpaired) electrons. The first-order valence-electron chi connectivity index (χ1n) is 4.76. The fourth-order valence-corrected chi connectivity index (χ4v) is 2.16. The van der Waals surface area contributed by atoms with Crippen LogP contribution in [0, 0.1) is 6.92 Å². The summed E-state index contributed by atoms with van der Waals surface area (Å²) in [4.78, 5) is 4.03. The van der Waals surface area contributed by atoms with E-state index in [1.807, 2.05) is 24.6 Å². The van der Waals surface area contributed by atoms with Crippen molar-refractivity contribution in [1.29, 1.82) is 0 Å². The SMILES string of the molecule is Cc1nnc(SCc2ccc(Cl)nc2)n1C. The third-order valence-electron chi connectivity index (χ3n) is 2.21. The van der Waals surface area contributed by atoms with Crippen molar-refractivity contribution in [3.8, 4) is 0 Å². The van der Waals surface area contributed by atoms with E-state index in [0.29, 0.717) is 5.15 Å². The molecule has 2 rings (SSSR count). The zero-order chi connectivity index (χ0) is 11.5. The Morgan fingerprint density at radius 3 is 2.75 bits per heavy atom. The van der Waals surface area contributed by atoms with E-state index in [1.54, 1.807) is 24.0 Å². The highest BCUT2D eigenvalue weighted by Crippen LogP contribution is 2.20. The number of hydrogen-bond donors (Lipinski definition) is 0. The van der Waals surface area contributed by atoms with E-state index < -0.39 is 0 Å². The Hall–Kier alpha value is -1.07. The molecule has 0 saturated carbocycles. The maximum atomic E-state index is 5.71. The van der Waals surface area contributed by atoms with Crippen LogP contribution in [0.3, 0.4) is 0 Å². The van der Waals surface area contributed by atoms with Gasteiger partial charge in [-0.1, -0.05) is 29.4 Å². The summed E-state index contributed by atoms with van der Waals surface area (Å²) >= 11 is 7.35. The Kier molecular flexibility index (Phi) is 3.46. The van der Waals surface area contributed by atoms with Crippen molar-refractivity contribution in [2.75, 3.05) is 0 Å². The lowest BCUT2D eigenvalue weighted by atomic mass is 10.3. The first-order chi connectivity index (χ1) is 7.66. The lowest BCUT2D eigenvalue weighted by molar-refractivity contribution is 0.765. The van der Waals surface area contributed by atoms with Crippen LogP contribution in [0.2, 0.25) is 5.15 Å². The normalized spacial score (nSPS) is 10.7. The molecule has 0 atom stereocenters. The summed E-state index contributed by atoms with van der Waals surface area (Å²) in [6.45, 7) is 1.93. The van der Waals surface area contributed by atoms with E-state index in [2.05, 4.69) is 15.2 Å². The minimum absolute atomic E-state index is 0.517. The minimum Gasteiger partial charge on any atom is -0.309 e. The summed E-state index contributed by atoms with van der Waals surface area (Å²) in [7, 11) is 1.96. The average molecular weight is 255 g/mol. The van der Waals surface area contributed by atoms with Crippen LogP contribution in [-0.2, 0) is 12.8 Å². The standard InChI is InChI=1S/C10H11ClN4S/c1-7-13-14-10(15(7)2)16-6-8-3-4-9(11)12-5-8/h3-5H,6H2,1-2H3. The second-order valence-electron chi connectivity index (χ2n) is 3.37. The highest BCUT2D eigenvalue weighted by Gasteiger charge is 2.05. The highest BCUT2D eigenvalue weighted by atomic mass is 35.5. The smallest absolute Gasteiger partial charge is 0.191 e. The number of aromatic nitrogens is 4. The summed E-state index contributed by atoms with van der Waals surface area (Å²) in [5.74, 6) is 1.73. The van der Waals surface area contributed by atoms with Crippen molar-refractivity contribution in [3.05, 3.63) is 34.9 Å². The fraction of sp³-hybridized carbons (Fsp3) is 0.300. The Labute approximate surface area is 103 Å². The molecule has 6 heteroatoms. The molecule has 0 bridgehead atoms. The molecule has 0 aromatic carbocycles. The maximum absolute atomic E-state index is 5.71. The first kappa shape index (κ1) is 11.4. The van der Waals surface area contributed by atoms with Crippen molar-refractivity contribution in [3.63, 3.8) is 0 Å². The molecule has 0 aliphatic rings. The lowest BCUT2D eigenvalue weighted by Gasteiger charge is -2.01. The van der Waals surface area contributed by atoms with Gasteiger partial charge in [-0.2, -0.15) is 0 Å². The Balaban J connectivity index is 2.02. The number of aryl methyl sites for hydroxylation is 1. The van der Waals surface area contributed by atoms with Crippen LogP contribution < -0.4 is 0 Å². The lowest BCUT2D eigenvalue weighted by Crippen LogP contribution is -1.94. The number of pyridine rings is 1. The molecule has 4 nitrogen and oxygen atoms in total. The van der Waals surface area contributed by atoms with E-state index in [1.165, 1.54) is 0 Å². The predicted octanol–water partition coefficient (Wildman–Crippen LogP) is 2.46. The van der Waals surface area contributed by atoms with Crippen LogP contribution in [0.1, 0.15) is 11.4 Å². The number of halogens is 1. The Morgan fingerprint density at radius 1 is 1.38 bits per heavy atom. The van der Waals surface area contributed by atoms with Crippen molar-refractivity contribution in [2.45, 2.75) is 17.8 Å². The van der Waals surface area contributed by atoms with Crippen LogP contribution >= 0.6 is 23.4 Å². The van der Waals surface area contributed by atoms with Crippen LogP contribution in [0.5, 0.6) is 0 Å². The van der Waals surface area contributed by atoms with Gasteiger partial charge in [0.15, 0.2) is 5.16 Å². The third kappa shape index (κ3) is 2.54. The monoisotopic (exact) mass is 254 g/mol. The van der Waals surface area contributed by atoms with Gasteiger partial charge < -0.3 is 4.57 Å². The van der Waals surface area contributed by atoms with Crippen molar-refractivity contribution >= 4 is 23.4 Å². The summed E-state index contributed by atoms with van der Waals surface area (Å²) in [6, 6.07) is 3.75. The summed E-state index contributed by atoms with van der Waals surface area (Å²) < 4.78 is 1.97. The van der Waals surface area contributed by atoms with Gasteiger partial charge in [0.05, 0.1) is 0 Å². The van der Waals surface area contributed by atoms with Crippen molar-refractivity contribution < 1.29 is 0 Å². The van der Waals surface area contributed by atoms with Crippen molar-refractivity contribution in [2.24, 2.45) is 7.05 Å². The third-order valence-corrected chi connectivity index (χ3v) is 3.52. The number of nitrogens with zero attached hydrogens (tertiary/aromatic N) is 4. The number of hydrogen-bond acceptors (Lipinski definition) is 4. The zero-order valence-corrected chi connectivity index (χ0v) is 10.6. The van der Waals surface area contributed by atoms with Gasteiger partial charge in [-0.15, -0.1) is 10.2 Å². The van der Waals surface area contributed by atoms with Gasteiger partial charge in [0, 0.05) is 19.0 Å². The molecule has 2 aromatic rings. The molecule has 2 heterocycles. The van der Waals surface area contributed by atoms with E-state index in [9.17, 15) is 0 Å². The van der Waals surface area contributed by atoms with Gasteiger partial charge in [0.25, 0.3) is 0 Å². The largest absolute Gasteiger partial charge is 0.309 e. The van der Waals surface area contributed by atoms with Gasteiger partial charge in [0.1, 0.15) is 11.0 Å². The van der Waals surface area contributed by atoms with E-state index in [4.69, 9.17) is 11.6 Å². The molecule has 0 spiro atoms. The molecule has 0 aliphatic carbocycles. The predicted molar refractivity (Wildman–Crippen MR) is 64.5 cm³/mol. The minimum atomic E-state index is 0.517. The second kappa shape index (κ2) is 4.84. The first-order valence-corrected chi connectivity index (χ1v) is 6.12. The molecule has 84 valence electrons. The number of rotatable bonds is 3. The van der Waals surface area contributed by atoms with E-state index in [-0.39, 0.29) is 0 Å². The highest BCUT2D eigenvalue weighted by molar-refractivity contribution is 7.98. The van der Waals surface area contributed by atoms with Gasteiger partial charge in [0.2, 0.25) is 0 Å². The van der Waals surface area contributed by atoms with Crippen LogP contribution in [0.15, 0.2) is 23.5 Å². The molecular formula is C10H11ClN4S. The molecule has 0 aliphatic heterocycles. The van der Waals surface area contributed by atoms with Gasteiger partial charge >= 0.3 is 0 Å². The Morgan fingerprint density at radius 2 is 2.19 bits per heavy atom. The second-order valence-corrected chi connectivity index (χ2v) is 4.70. The van der Waals surface area contributed by atoms with Gasteiger partial charge in [-0.05, 0) is 18.6 Å². The Bertz CT molecular complexity index is 480. The molecule has 0 amide bonds. The molecule has 16 heavy (non-hydrogen) atoms. The molecule has 0 saturated heterocycles. The quantitative estimate of drug-likeness (QED) is 0.623. The van der Waals surface area contributed by atoms with Crippen molar-refractivity contribution in [1.82, 2.24) is 19.7 Å². The number of thioether (sulfide) groups is 1. The molecule has 0 fully saturated rings. The fourth-order valence-electron chi connectivity index (χ4n) is 1.15. The summed E-state index contributed by atoms with van der Waals surface area (Å²) in [6.07, 6.45) is 1.78. The molecule has 0 N–H and O–H groups in total. The van der Waals surface area contributed by atoms with E-state index in [0.717, 1.165) is 22.3 Å². The average Bonchev–Trinajstić information content (AvgIpc) is 2.60. The zero-order valence-electron chi connectivity index (χ0n) is 9.01.